The van der Waals surface area contributed by atoms with E-state index in [1.165, 1.54) is 0 Å². The van der Waals surface area contributed by atoms with E-state index in [0.29, 0.717) is 22.9 Å². The normalized spacial score (nSPS) is 18.2. The van der Waals surface area contributed by atoms with Crippen LogP contribution < -0.4 is 15.4 Å². The molecular weight excluding hydrogens is 403 g/mol. The largest absolute Gasteiger partial charge is 0.495 e. The minimum atomic E-state index is -0.0852. The van der Waals surface area contributed by atoms with Crippen molar-refractivity contribution >= 4 is 42.3 Å². The number of ether oxygens (including phenoxy) is 1. The van der Waals surface area contributed by atoms with Crippen molar-refractivity contribution < 1.29 is 14.3 Å². The number of methoxy groups -OCH3 is 1. The lowest BCUT2D eigenvalue weighted by Crippen LogP contribution is -2.48. The van der Waals surface area contributed by atoms with Crippen molar-refractivity contribution in [3.63, 3.8) is 0 Å². The van der Waals surface area contributed by atoms with Gasteiger partial charge in [-0.15, -0.1) is 24.8 Å². The predicted molar refractivity (Wildman–Crippen MR) is 115 cm³/mol. The van der Waals surface area contributed by atoms with Crippen LogP contribution in [-0.4, -0.2) is 75.0 Å². The van der Waals surface area contributed by atoms with E-state index in [1.54, 1.807) is 25.3 Å². The highest BCUT2D eigenvalue weighted by atomic mass is 35.5. The zero-order chi connectivity index (χ0) is 18.7. The van der Waals surface area contributed by atoms with E-state index in [2.05, 4.69) is 22.6 Å². The van der Waals surface area contributed by atoms with Gasteiger partial charge >= 0.3 is 0 Å². The molecule has 0 radical (unpaired) electrons. The van der Waals surface area contributed by atoms with E-state index < -0.39 is 0 Å². The summed E-state index contributed by atoms with van der Waals surface area (Å²) in [5, 5.41) is 6.13. The maximum absolute atomic E-state index is 12.8. The maximum Gasteiger partial charge on any atom is 0.254 e. The first-order chi connectivity index (χ1) is 12.5. The molecule has 3 rings (SSSR count). The van der Waals surface area contributed by atoms with Crippen molar-refractivity contribution in [1.82, 2.24) is 15.1 Å². The van der Waals surface area contributed by atoms with Crippen LogP contribution >= 0.6 is 24.8 Å². The number of hydrogen-bond donors (Lipinski definition) is 2. The Labute approximate surface area is 179 Å². The van der Waals surface area contributed by atoms with Gasteiger partial charge in [0.1, 0.15) is 5.75 Å². The van der Waals surface area contributed by atoms with Crippen LogP contribution in [0.4, 0.5) is 5.69 Å². The van der Waals surface area contributed by atoms with Crippen molar-refractivity contribution in [2.45, 2.75) is 6.92 Å². The van der Waals surface area contributed by atoms with Crippen molar-refractivity contribution in [2.24, 2.45) is 11.8 Å². The van der Waals surface area contributed by atoms with Gasteiger partial charge in [0.2, 0.25) is 5.91 Å². The summed E-state index contributed by atoms with van der Waals surface area (Å²) >= 11 is 0. The molecule has 28 heavy (non-hydrogen) atoms. The number of hydrogen-bond acceptors (Lipinski definition) is 5. The smallest absolute Gasteiger partial charge is 0.254 e. The number of likely N-dealkylation sites (N-methyl/N-ethyl adjacent to an activating group) is 1. The summed E-state index contributed by atoms with van der Waals surface area (Å²) in [6.07, 6.45) is 0. The number of nitrogens with one attached hydrogen (secondary N) is 2. The Morgan fingerprint density at radius 1 is 1.18 bits per heavy atom. The second-order valence-corrected chi connectivity index (χ2v) is 7.21. The van der Waals surface area contributed by atoms with Crippen LogP contribution in [0.2, 0.25) is 0 Å². The summed E-state index contributed by atoms with van der Waals surface area (Å²) in [6, 6.07) is 5.23. The third-order valence-corrected chi connectivity index (χ3v) is 5.43. The number of carbonyl (C=O) groups excluding carboxylic acids is 2. The third-order valence-electron chi connectivity index (χ3n) is 5.43. The second kappa shape index (κ2) is 10.9. The molecule has 2 fully saturated rings. The highest BCUT2D eigenvalue weighted by Gasteiger charge is 2.29. The summed E-state index contributed by atoms with van der Waals surface area (Å²) in [7, 11) is 3.62. The fraction of sp³-hybridized carbons (Fsp3) is 0.579. The van der Waals surface area contributed by atoms with Gasteiger partial charge in [0, 0.05) is 37.7 Å². The van der Waals surface area contributed by atoms with Crippen LogP contribution in [0.5, 0.6) is 5.75 Å². The summed E-state index contributed by atoms with van der Waals surface area (Å²) < 4.78 is 5.36. The average molecular weight is 433 g/mol. The molecular formula is C19H30Cl2N4O3. The van der Waals surface area contributed by atoms with E-state index in [0.717, 1.165) is 39.3 Å². The topological polar surface area (TPSA) is 73.9 Å². The first-order valence-corrected chi connectivity index (χ1v) is 9.17. The van der Waals surface area contributed by atoms with E-state index in [1.807, 2.05) is 11.8 Å². The zero-order valence-corrected chi connectivity index (χ0v) is 18.2. The summed E-state index contributed by atoms with van der Waals surface area (Å²) in [5.41, 5.74) is 1.13. The molecule has 0 aliphatic carbocycles. The Bertz CT molecular complexity index is 677. The summed E-state index contributed by atoms with van der Waals surface area (Å²) in [5.74, 6) is 0.785. The fourth-order valence-corrected chi connectivity index (χ4v) is 3.26. The third kappa shape index (κ3) is 5.50. The van der Waals surface area contributed by atoms with Gasteiger partial charge in [-0.25, -0.2) is 0 Å². The molecule has 0 bridgehead atoms. The molecule has 0 spiro atoms. The molecule has 2 saturated heterocycles. The van der Waals surface area contributed by atoms with E-state index in [-0.39, 0.29) is 42.5 Å². The quantitative estimate of drug-likeness (QED) is 0.740. The Morgan fingerprint density at radius 2 is 1.82 bits per heavy atom. The Balaban J connectivity index is 0.00000196. The standard InChI is InChI=1S/C19H28N4O3.2ClH/c1-13(15-11-20-12-15)18(24)21-16-10-14(4-5-17(16)26-3)19(25)23-8-6-22(2)7-9-23;;/h4-5,10,13,15,20H,6-9,11-12H2,1-3H3,(H,21,24);2*1H. The Kier molecular flexibility index (Phi) is 9.50. The lowest BCUT2D eigenvalue weighted by atomic mass is 9.88. The van der Waals surface area contributed by atoms with Crippen LogP contribution in [0, 0.1) is 11.8 Å². The van der Waals surface area contributed by atoms with Crippen molar-refractivity contribution in [1.29, 1.82) is 0 Å². The molecule has 1 aromatic rings. The van der Waals surface area contributed by atoms with E-state index in [9.17, 15) is 9.59 Å². The molecule has 1 unspecified atom stereocenters. The van der Waals surface area contributed by atoms with Crippen molar-refractivity contribution in [2.75, 3.05) is 58.7 Å². The highest BCUT2D eigenvalue weighted by Crippen LogP contribution is 2.28. The molecule has 1 aromatic carbocycles. The average Bonchev–Trinajstić information content (AvgIpc) is 2.60. The highest BCUT2D eigenvalue weighted by molar-refractivity contribution is 5.99. The van der Waals surface area contributed by atoms with E-state index in [4.69, 9.17) is 4.74 Å². The monoisotopic (exact) mass is 432 g/mol. The fourth-order valence-electron chi connectivity index (χ4n) is 3.26. The van der Waals surface area contributed by atoms with Crippen molar-refractivity contribution in [3.05, 3.63) is 23.8 Å². The van der Waals surface area contributed by atoms with Gasteiger partial charge in [0.05, 0.1) is 12.8 Å². The van der Waals surface area contributed by atoms with Crippen LogP contribution in [0.1, 0.15) is 17.3 Å². The molecule has 9 heteroatoms. The molecule has 7 nitrogen and oxygen atoms in total. The molecule has 2 amide bonds. The number of amides is 2. The van der Waals surface area contributed by atoms with Gasteiger partial charge in [0.15, 0.2) is 0 Å². The number of halogens is 2. The number of carbonyl (C=O) groups is 2. The lowest BCUT2D eigenvalue weighted by Gasteiger charge is -2.33. The number of nitrogens with zero attached hydrogens (tertiary/aromatic N) is 2. The molecule has 0 saturated carbocycles. The van der Waals surface area contributed by atoms with Crippen molar-refractivity contribution in [3.8, 4) is 5.75 Å². The SMILES string of the molecule is COc1ccc(C(=O)N2CCN(C)CC2)cc1NC(=O)C(C)C1CNC1.Cl.Cl. The number of rotatable bonds is 5. The van der Waals surface area contributed by atoms with Gasteiger partial charge in [-0.1, -0.05) is 6.92 Å². The minimum absolute atomic E-state index is 0. The maximum atomic E-state index is 12.8. The van der Waals surface area contributed by atoms with E-state index >= 15 is 0 Å². The van der Waals surface area contributed by atoms with Crippen LogP contribution in [0.25, 0.3) is 0 Å². The first-order valence-electron chi connectivity index (χ1n) is 9.17. The number of benzene rings is 1. The molecule has 158 valence electrons. The molecule has 2 N–H and O–H groups in total. The molecule has 2 aliphatic heterocycles. The predicted octanol–water partition coefficient (Wildman–Crippen LogP) is 1.72. The Hall–Kier alpha value is -1.54. The zero-order valence-electron chi connectivity index (χ0n) is 16.6. The molecule has 2 aliphatic rings. The van der Waals surface area contributed by atoms with Crippen LogP contribution in [0.15, 0.2) is 18.2 Å². The van der Waals surface area contributed by atoms with Gasteiger partial charge < -0.3 is 25.2 Å². The summed E-state index contributed by atoms with van der Waals surface area (Å²) in [4.78, 5) is 29.4. The van der Waals surface area contributed by atoms with Crippen LogP contribution in [-0.2, 0) is 4.79 Å². The molecule has 0 aromatic heterocycles. The van der Waals surface area contributed by atoms with Crippen LogP contribution in [0.3, 0.4) is 0 Å². The first kappa shape index (κ1) is 24.5. The van der Waals surface area contributed by atoms with Gasteiger partial charge in [0.25, 0.3) is 5.91 Å². The van der Waals surface area contributed by atoms with Gasteiger partial charge in [-0.05, 0) is 44.3 Å². The Morgan fingerprint density at radius 3 is 2.36 bits per heavy atom. The minimum Gasteiger partial charge on any atom is -0.495 e. The molecule has 1 atom stereocenters. The second-order valence-electron chi connectivity index (χ2n) is 7.21. The summed E-state index contributed by atoms with van der Waals surface area (Å²) in [6.45, 7) is 6.86. The molecule has 2 heterocycles. The van der Waals surface area contributed by atoms with Gasteiger partial charge in [-0.3, -0.25) is 9.59 Å². The number of anilines is 1. The van der Waals surface area contributed by atoms with Gasteiger partial charge in [-0.2, -0.15) is 0 Å². The lowest BCUT2D eigenvalue weighted by molar-refractivity contribution is -0.121. The number of piperazine rings is 1.